The monoisotopic (exact) mass is 374 g/mol. The average Bonchev–Trinajstić information content (AvgIpc) is 2.51. The topological polar surface area (TPSA) is 0 Å². The van der Waals surface area contributed by atoms with Crippen LogP contribution < -0.4 is 0 Å². The quantitative estimate of drug-likeness (QED) is 0.483. The van der Waals surface area contributed by atoms with E-state index in [9.17, 15) is 4.39 Å². The minimum atomic E-state index is -0.172. The van der Waals surface area contributed by atoms with Crippen molar-refractivity contribution in [1.29, 1.82) is 0 Å². The van der Waals surface area contributed by atoms with E-state index in [1.54, 1.807) is 6.07 Å². The normalized spacial score (nSPS) is 26.0. The van der Waals surface area contributed by atoms with E-state index >= 15 is 0 Å². The van der Waals surface area contributed by atoms with Crippen molar-refractivity contribution < 1.29 is 4.39 Å². The third-order valence-electron chi connectivity index (χ3n) is 5.01. The van der Waals surface area contributed by atoms with Gasteiger partial charge in [0.15, 0.2) is 0 Å². The lowest BCUT2D eigenvalue weighted by Gasteiger charge is -2.39. The second-order valence-corrected chi connectivity index (χ2v) is 7.67. The van der Waals surface area contributed by atoms with E-state index in [2.05, 4.69) is 22.9 Å². The maximum Gasteiger partial charge on any atom is 0.137 e. The van der Waals surface area contributed by atoms with Crippen LogP contribution in [0.15, 0.2) is 22.7 Å². The Bertz CT molecular complexity index is 453. The maximum absolute atomic E-state index is 13.7. The Balaban J connectivity index is 2.01. The summed E-state index contributed by atoms with van der Waals surface area (Å²) in [6.07, 6.45) is 9.77. The number of rotatable bonds is 6. The van der Waals surface area contributed by atoms with Crippen LogP contribution in [0.2, 0.25) is 0 Å². The molecule has 0 N–H and O–H groups in total. The van der Waals surface area contributed by atoms with Gasteiger partial charge in [0.05, 0.1) is 4.47 Å². The Morgan fingerprint density at radius 3 is 2.67 bits per heavy atom. The molecule has 1 aliphatic carbocycles. The van der Waals surface area contributed by atoms with Crippen molar-refractivity contribution in [2.24, 2.45) is 11.3 Å². The number of unbranched alkanes of at least 4 members (excludes halogenated alkanes) is 1. The fourth-order valence-electron chi connectivity index (χ4n) is 3.52. The summed E-state index contributed by atoms with van der Waals surface area (Å²) in [6, 6.07) is 5.32. The smallest absolute Gasteiger partial charge is 0.137 e. The second kappa shape index (κ2) is 7.97. The van der Waals surface area contributed by atoms with Gasteiger partial charge in [-0.1, -0.05) is 38.3 Å². The lowest BCUT2D eigenvalue weighted by Crippen LogP contribution is -2.31. The summed E-state index contributed by atoms with van der Waals surface area (Å²) in [5.41, 5.74) is 1.21. The van der Waals surface area contributed by atoms with Crippen LogP contribution >= 0.6 is 27.5 Å². The summed E-state index contributed by atoms with van der Waals surface area (Å²) >= 11 is 9.71. The molecule has 1 aliphatic rings. The molecule has 0 spiro atoms. The third kappa shape index (κ3) is 4.45. The maximum atomic E-state index is 13.7. The molecule has 0 nitrogen and oxygen atoms in total. The van der Waals surface area contributed by atoms with E-state index in [1.807, 2.05) is 6.07 Å². The molecule has 1 fully saturated rings. The van der Waals surface area contributed by atoms with Gasteiger partial charge in [0.1, 0.15) is 5.82 Å². The van der Waals surface area contributed by atoms with Crippen LogP contribution in [0.3, 0.4) is 0 Å². The van der Waals surface area contributed by atoms with Crippen molar-refractivity contribution in [2.75, 3.05) is 5.88 Å². The van der Waals surface area contributed by atoms with Crippen LogP contribution in [0.1, 0.15) is 57.4 Å². The Labute approximate surface area is 141 Å². The van der Waals surface area contributed by atoms with Gasteiger partial charge in [-0.25, -0.2) is 4.39 Å². The highest BCUT2D eigenvalue weighted by Crippen LogP contribution is 2.44. The molecular weight excluding hydrogens is 351 g/mol. The summed E-state index contributed by atoms with van der Waals surface area (Å²) in [6.45, 7) is 2.26. The molecular formula is C18H25BrClF. The molecule has 0 aromatic heterocycles. The zero-order valence-electron chi connectivity index (χ0n) is 12.8. The fourth-order valence-corrected chi connectivity index (χ4v) is 4.28. The van der Waals surface area contributed by atoms with Gasteiger partial charge in [0, 0.05) is 5.88 Å². The van der Waals surface area contributed by atoms with Crippen molar-refractivity contribution in [3.63, 3.8) is 0 Å². The van der Waals surface area contributed by atoms with E-state index in [0.29, 0.717) is 10.4 Å². The molecule has 118 valence electrons. The molecule has 0 aliphatic heterocycles. The van der Waals surface area contributed by atoms with Gasteiger partial charge >= 0.3 is 0 Å². The Morgan fingerprint density at radius 1 is 1.33 bits per heavy atom. The first kappa shape index (κ1) is 17.3. The first-order valence-electron chi connectivity index (χ1n) is 8.09. The van der Waals surface area contributed by atoms with E-state index in [0.717, 1.165) is 17.9 Å². The highest BCUT2D eigenvalue weighted by atomic mass is 79.9. The van der Waals surface area contributed by atoms with Gasteiger partial charge in [-0.15, -0.1) is 11.6 Å². The minimum Gasteiger partial charge on any atom is -0.206 e. The van der Waals surface area contributed by atoms with Crippen LogP contribution in [-0.2, 0) is 6.42 Å². The molecule has 21 heavy (non-hydrogen) atoms. The first-order chi connectivity index (χ1) is 10.1. The Hall–Kier alpha value is -0.0800. The zero-order valence-corrected chi connectivity index (χ0v) is 15.1. The lowest BCUT2D eigenvalue weighted by atomic mass is 9.68. The number of halogens is 3. The fraction of sp³-hybridized carbons (Fsp3) is 0.667. The summed E-state index contributed by atoms with van der Waals surface area (Å²) in [5.74, 6) is 1.38. The van der Waals surface area contributed by atoms with Gasteiger partial charge in [0.2, 0.25) is 0 Å². The molecule has 1 aromatic rings. The van der Waals surface area contributed by atoms with Crippen LogP contribution in [0.25, 0.3) is 0 Å². The predicted octanol–water partition coefficient (Wildman–Crippen LogP) is 6.74. The van der Waals surface area contributed by atoms with E-state index in [4.69, 9.17) is 11.6 Å². The zero-order chi connectivity index (χ0) is 15.3. The Kier molecular flexibility index (Phi) is 6.55. The molecule has 0 amide bonds. The molecule has 0 saturated heterocycles. The average molecular weight is 376 g/mol. The highest BCUT2D eigenvalue weighted by molar-refractivity contribution is 9.10. The highest BCUT2D eigenvalue weighted by Gasteiger charge is 2.35. The molecule has 0 atom stereocenters. The van der Waals surface area contributed by atoms with Gasteiger partial charge in [-0.2, -0.15) is 0 Å². The van der Waals surface area contributed by atoms with Crippen LogP contribution in [-0.4, -0.2) is 5.88 Å². The van der Waals surface area contributed by atoms with Crippen molar-refractivity contribution in [1.82, 2.24) is 0 Å². The molecule has 0 radical (unpaired) electrons. The number of alkyl halides is 1. The largest absolute Gasteiger partial charge is 0.206 e. The van der Waals surface area contributed by atoms with E-state index in [-0.39, 0.29) is 11.2 Å². The van der Waals surface area contributed by atoms with E-state index in [1.165, 1.54) is 51.0 Å². The predicted molar refractivity (Wildman–Crippen MR) is 92.4 cm³/mol. The molecule has 1 saturated carbocycles. The van der Waals surface area contributed by atoms with Crippen molar-refractivity contribution >= 4 is 27.5 Å². The minimum absolute atomic E-state index is 0.153. The van der Waals surface area contributed by atoms with Gasteiger partial charge in [0.25, 0.3) is 0 Å². The number of benzene rings is 1. The van der Waals surface area contributed by atoms with Crippen molar-refractivity contribution in [3.05, 3.63) is 34.1 Å². The molecule has 1 aromatic carbocycles. The number of hydrogen-bond donors (Lipinski definition) is 0. The third-order valence-corrected chi connectivity index (χ3v) is 6.47. The van der Waals surface area contributed by atoms with E-state index < -0.39 is 0 Å². The molecule has 2 rings (SSSR count). The summed E-state index contributed by atoms with van der Waals surface area (Å²) in [4.78, 5) is 0. The van der Waals surface area contributed by atoms with Crippen molar-refractivity contribution in [3.8, 4) is 0 Å². The molecule has 3 heteroatoms. The Morgan fingerprint density at radius 2 is 2.05 bits per heavy atom. The first-order valence-corrected chi connectivity index (χ1v) is 9.42. The second-order valence-electron chi connectivity index (χ2n) is 6.61. The van der Waals surface area contributed by atoms with Crippen LogP contribution in [0.5, 0.6) is 0 Å². The molecule has 0 unspecified atom stereocenters. The molecule has 0 bridgehead atoms. The van der Waals surface area contributed by atoms with Gasteiger partial charge < -0.3 is 0 Å². The standard InChI is InChI=1S/C18H25BrClF/c1-2-3-5-14-8-10-18(13-20,11-9-14)12-15-6-4-7-16(21)17(15)19/h4,6-7,14H,2-3,5,8-13H2,1H3. The summed E-state index contributed by atoms with van der Waals surface area (Å²) < 4.78 is 14.3. The van der Waals surface area contributed by atoms with Gasteiger partial charge in [-0.3, -0.25) is 0 Å². The lowest BCUT2D eigenvalue weighted by molar-refractivity contribution is 0.165. The van der Waals surface area contributed by atoms with Crippen molar-refractivity contribution in [2.45, 2.75) is 58.3 Å². The number of hydrogen-bond acceptors (Lipinski definition) is 0. The molecule has 0 heterocycles. The summed E-state index contributed by atoms with van der Waals surface area (Å²) in [7, 11) is 0. The summed E-state index contributed by atoms with van der Waals surface area (Å²) in [5, 5.41) is 0. The van der Waals surface area contributed by atoms with Gasteiger partial charge in [-0.05, 0) is 71.0 Å². The van der Waals surface area contributed by atoms with Crippen LogP contribution in [0.4, 0.5) is 4.39 Å². The SMILES string of the molecule is CCCCC1CCC(CCl)(Cc2cccc(F)c2Br)CC1. The van der Waals surface area contributed by atoms with Crippen LogP contribution in [0, 0.1) is 17.2 Å².